The second kappa shape index (κ2) is 3.29. The van der Waals surface area contributed by atoms with E-state index in [-0.39, 0.29) is 0 Å². The quantitative estimate of drug-likeness (QED) is 0.610. The van der Waals surface area contributed by atoms with Crippen molar-refractivity contribution in [1.82, 2.24) is 4.90 Å². The summed E-state index contributed by atoms with van der Waals surface area (Å²) in [4.78, 5) is 11.8. The number of carboxylic acid groups (broad SMARTS) is 1. The minimum absolute atomic E-state index is 0.319. The zero-order chi connectivity index (χ0) is 9.19. The molecule has 0 spiro atoms. The number of rotatable bonds is 0. The van der Waals surface area contributed by atoms with Crippen molar-refractivity contribution in [2.24, 2.45) is 0 Å². The first-order chi connectivity index (χ1) is 5.51. The summed E-state index contributed by atoms with van der Waals surface area (Å²) < 4.78 is 13.3. The van der Waals surface area contributed by atoms with Gasteiger partial charge in [0, 0.05) is 13.1 Å². The van der Waals surface area contributed by atoms with E-state index in [0.29, 0.717) is 32.4 Å². The van der Waals surface area contributed by atoms with E-state index >= 15 is 0 Å². The van der Waals surface area contributed by atoms with Crippen molar-refractivity contribution in [2.45, 2.75) is 31.9 Å². The average molecular weight is 175 g/mol. The van der Waals surface area contributed by atoms with Crippen LogP contribution in [0.1, 0.15) is 26.2 Å². The summed E-state index contributed by atoms with van der Waals surface area (Å²) in [6, 6.07) is 0. The highest BCUT2D eigenvalue weighted by Gasteiger charge is 2.28. The number of hydrogen-bond acceptors (Lipinski definition) is 1. The van der Waals surface area contributed by atoms with Crippen molar-refractivity contribution in [3.8, 4) is 0 Å². The number of nitrogens with zero attached hydrogens (tertiary/aromatic N) is 1. The molecular weight excluding hydrogens is 161 g/mol. The minimum Gasteiger partial charge on any atom is -0.465 e. The number of alkyl halides is 1. The maximum absolute atomic E-state index is 13.3. The fourth-order valence-corrected chi connectivity index (χ4v) is 1.43. The predicted octanol–water partition coefficient (Wildman–Crippen LogP) is 1.88. The monoisotopic (exact) mass is 175 g/mol. The van der Waals surface area contributed by atoms with Crippen molar-refractivity contribution in [2.75, 3.05) is 13.1 Å². The van der Waals surface area contributed by atoms with Crippen LogP contribution >= 0.6 is 0 Å². The van der Waals surface area contributed by atoms with Gasteiger partial charge in [0.1, 0.15) is 5.67 Å². The molecule has 1 atom stereocenters. The molecule has 0 aromatic heterocycles. The van der Waals surface area contributed by atoms with Crippen LogP contribution in [0.4, 0.5) is 9.18 Å². The van der Waals surface area contributed by atoms with Gasteiger partial charge in [0.25, 0.3) is 0 Å². The Morgan fingerprint density at radius 2 is 2.17 bits per heavy atom. The SMILES string of the molecule is CC1(F)CCCN(C(=O)O)CC1. The molecule has 0 saturated carbocycles. The molecule has 0 aromatic rings. The molecule has 1 aliphatic heterocycles. The zero-order valence-corrected chi connectivity index (χ0v) is 7.22. The van der Waals surface area contributed by atoms with Crippen molar-refractivity contribution in [3.05, 3.63) is 0 Å². The Morgan fingerprint density at radius 3 is 2.75 bits per heavy atom. The Balaban J connectivity index is 2.50. The topological polar surface area (TPSA) is 40.5 Å². The third-order valence-electron chi connectivity index (χ3n) is 2.30. The van der Waals surface area contributed by atoms with Gasteiger partial charge >= 0.3 is 6.09 Å². The number of halogens is 1. The molecule has 1 rings (SSSR count). The highest BCUT2D eigenvalue weighted by Crippen LogP contribution is 2.25. The lowest BCUT2D eigenvalue weighted by Gasteiger charge is -2.18. The molecule has 0 radical (unpaired) electrons. The Labute approximate surface area is 71.2 Å². The third kappa shape index (κ3) is 2.36. The van der Waals surface area contributed by atoms with E-state index in [1.165, 1.54) is 4.90 Å². The summed E-state index contributed by atoms with van der Waals surface area (Å²) in [6.45, 7) is 2.33. The Kier molecular flexibility index (Phi) is 2.55. The Morgan fingerprint density at radius 1 is 1.50 bits per heavy atom. The van der Waals surface area contributed by atoms with Crippen molar-refractivity contribution in [1.29, 1.82) is 0 Å². The first-order valence-electron chi connectivity index (χ1n) is 4.18. The van der Waals surface area contributed by atoms with Gasteiger partial charge in [-0.05, 0) is 26.2 Å². The summed E-state index contributed by atoms with van der Waals surface area (Å²) in [6.07, 6.45) is 0.475. The summed E-state index contributed by atoms with van der Waals surface area (Å²) in [5.74, 6) is 0. The van der Waals surface area contributed by atoms with Crippen LogP contribution in [0.15, 0.2) is 0 Å². The molecule has 70 valence electrons. The van der Waals surface area contributed by atoms with Crippen LogP contribution in [-0.4, -0.2) is 34.9 Å². The Hall–Kier alpha value is -0.800. The van der Waals surface area contributed by atoms with Gasteiger partial charge in [-0.15, -0.1) is 0 Å². The Bertz CT molecular complexity index is 182. The maximum atomic E-state index is 13.3. The molecule has 0 aromatic carbocycles. The van der Waals surface area contributed by atoms with Gasteiger partial charge in [0.05, 0.1) is 0 Å². The lowest BCUT2D eigenvalue weighted by Crippen LogP contribution is -2.31. The number of carbonyl (C=O) groups is 1. The average Bonchev–Trinajstić information content (AvgIpc) is 2.10. The largest absolute Gasteiger partial charge is 0.465 e. The van der Waals surface area contributed by atoms with E-state index in [0.717, 1.165) is 0 Å². The fourth-order valence-electron chi connectivity index (χ4n) is 1.43. The smallest absolute Gasteiger partial charge is 0.407 e. The summed E-state index contributed by atoms with van der Waals surface area (Å²) >= 11 is 0. The lowest BCUT2D eigenvalue weighted by atomic mass is 10.0. The van der Waals surface area contributed by atoms with Gasteiger partial charge in [-0.3, -0.25) is 0 Å². The van der Waals surface area contributed by atoms with Crippen LogP contribution in [0.25, 0.3) is 0 Å². The van der Waals surface area contributed by atoms with E-state index in [9.17, 15) is 9.18 Å². The molecule has 0 bridgehead atoms. The van der Waals surface area contributed by atoms with Gasteiger partial charge in [-0.1, -0.05) is 0 Å². The van der Waals surface area contributed by atoms with Gasteiger partial charge in [0.2, 0.25) is 0 Å². The molecule has 3 nitrogen and oxygen atoms in total. The van der Waals surface area contributed by atoms with E-state index in [1.807, 2.05) is 0 Å². The minimum atomic E-state index is -1.18. The van der Waals surface area contributed by atoms with Gasteiger partial charge in [0.15, 0.2) is 0 Å². The second-order valence-electron chi connectivity index (χ2n) is 3.54. The van der Waals surface area contributed by atoms with Crippen molar-refractivity contribution in [3.63, 3.8) is 0 Å². The van der Waals surface area contributed by atoms with Crippen LogP contribution in [0, 0.1) is 0 Å². The molecule has 1 aliphatic rings. The molecule has 4 heteroatoms. The van der Waals surface area contributed by atoms with Gasteiger partial charge < -0.3 is 10.0 Å². The molecule has 1 saturated heterocycles. The van der Waals surface area contributed by atoms with E-state index < -0.39 is 11.8 Å². The molecule has 1 amide bonds. The van der Waals surface area contributed by atoms with Gasteiger partial charge in [-0.2, -0.15) is 0 Å². The highest BCUT2D eigenvalue weighted by atomic mass is 19.1. The first-order valence-corrected chi connectivity index (χ1v) is 4.18. The maximum Gasteiger partial charge on any atom is 0.407 e. The van der Waals surface area contributed by atoms with Crippen LogP contribution in [0.5, 0.6) is 0 Å². The molecule has 1 fully saturated rings. The molecule has 1 heterocycles. The lowest BCUT2D eigenvalue weighted by molar-refractivity contribution is 0.138. The molecule has 12 heavy (non-hydrogen) atoms. The van der Waals surface area contributed by atoms with E-state index in [4.69, 9.17) is 5.11 Å². The van der Waals surface area contributed by atoms with Gasteiger partial charge in [-0.25, -0.2) is 9.18 Å². The third-order valence-corrected chi connectivity index (χ3v) is 2.30. The number of hydrogen-bond donors (Lipinski definition) is 1. The fraction of sp³-hybridized carbons (Fsp3) is 0.875. The van der Waals surface area contributed by atoms with Crippen molar-refractivity contribution < 1.29 is 14.3 Å². The van der Waals surface area contributed by atoms with E-state index in [1.54, 1.807) is 6.92 Å². The summed E-state index contributed by atoms with van der Waals surface area (Å²) in [5, 5.41) is 8.64. The summed E-state index contributed by atoms with van der Waals surface area (Å²) in [7, 11) is 0. The van der Waals surface area contributed by atoms with Crippen LogP contribution < -0.4 is 0 Å². The first kappa shape index (κ1) is 9.29. The molecule has 1 N–H and O–H groups in total. The van der Waals surface area contributed by atoms with Crippen LogP contribution in [0.2, 0.25) is 0 Å². The summed E-state index contributed by atoms with van der Waals surface area (Å²) in [5.41, 5.74) is -1.18. The molecule has 1 unspecified atom stereocenters. The second-order valence-corrected chi connectivity index (χ2v) is 3.54. The molecular formula is C8H14FNO2. The molecule has 0 aliphatic carbocycles. The normalized spacial score (nSPS) is 31.3. The zero-order valence-electron chi connectivity index (χ0n) is 7.22. The highest BCUT2D eigenvalue weighted by molar-refractivity contribution is 5.64. The van der Waals surface area contributed by atoms with Crippen LogP contribution in [-0.2, 0) is 0 Å². The standard InChI is InChI=1S/C8H14FNO2/c1-8(9)3-2-5-10(6-4-8)7(11)12/h2-6H2,1H3,(H,11,12). The number of likely N-dealkylation sites (tertiary alicyclic amines) is 1. The van der Waals surface area contributed by atoms with E-state index in [2.05, 4.69) is 0 Å². The predicted molar refractivity (Wildman–Crippen MR) is 43.0 cm³/mol. The van der Waals surface area contributed by atoms with Crippen molar-refractivity contribution >= 4 is 6.09 Å². The van der Waals surface area contributed by atoms with Crippen LogP contribution in [0.3, 0.4) is 0 Å². The number of amides is 1.